The van der Waals surface area contributed by atoms with E-state index in [1.807, 2.05) is 20.8 Å². The van der Waals surface area contributed by atoms with Crippen LogP contribution in [0.5, 0.6) is 0 Å². The fourth-order valence-corrected chi connectivity index (χ4v) is 6.32. The van der Waals surface area contributed by atoms with E-state index in [0.717, 1.165) is 88.8 Å². The maximum atomic E-state index is 12.0. The first-order valence-corrected chi connectivity index (χ1v) is 16.6. The van der Waals surface area contributed by atoms with Crippen molar-refractivity contribution in [1.29, 1.82) is 0 Å². The number of hydrogen-bond donors (Lipinski definition) is 7. The average Bonchev–Trinajstić information content (AvgIpc) is 2.89. The van der Waals surface area contributed by atoms with E-state index in [1.54, 1.807) is 0 Å². The molecule has 0 amide bonds. The second kappa shape index (κ2) is 21.2. The highest BCUT2D eigenvalue weighted by Crippen LogP contribution is 2.43. The van der Waals surface area contributed by atoms with Gasteiger partial charge in [0.15, 0.2) is 0 Å². The molecule has 2 aliphatic rings. The molecule has 0 aliphatic heterocycles. The predicted octanol–water partition coefficient (Wildman–Crippen LogP) is 5.26. The van der Waals surface area contributed by atoms with Gasteiger partial charge in [-0.1, -0.05) is 0 Å². The Bertz CT molecular complexity index is 783. The van der Waals surface area contributed by atoms with Crippen molar-refractivity contribution in [2.45, 2.75) is 128 Å². The van der Waals surface area contributed by atoms with Crippen LogP contribution in [-0.2, 0) is 19.1 Å². The van der Waals surface area contributed by atoms with Gasteiger partial charge >= 0.3 is 17.9 Å². The van der Waals surface area contributed by atoms with Gasteiger partial charge in [-0.15, -0.1) is 17.0 Å². The minimum Gasteiger partial charge on any atom is -0.481 e. The van der Waals surface area contributed by atoms with Crippen LogP contribution in [0.2, 0.25) is 0 Å². The zero-order valence-corrected chi connectivity index (χ0v) is 29.5. The molecule has 0 radical (unpaired) electrons. The van der Waals surface area contributed by atoms with Crippen molar-refractivity contribution in [2.24, 2.45) is 16.6 Å². The Labute approximate surface area is 275 Å². The maximum Gasteiger partial charge on any atom is 0.306 e. The SMILES string of the molecule is Br.CC(C)(C)OC(=O)CCC1(CC(=O)O)CCC(NCCCS)CC1.NCC1(CC(=O)O)CCC(NCCCS)CC1. The smallest absolute Gasteiger partial charge is 0.306 e. The molecule has 6 N–H and O–H groups in total. The van der Waals surface area contributed by atoms with E-state index in [9.17, 15) is 19.5 Å². The second-order valence-corrected chi connectivity index (χ2v) is 13.9. The summed E-state index contributed by atoms with van der Waals surface area (Å²) in [5.41, 5.74) is 4.83. The van der Waals surface area contributed by atoms with Crippen molar-refractivity contribution in [3.8, 4) is 0 Å². The molecule has 0 aromatic carbocycles. The summed E-state index contributed by atoms with van der Waals surface area (Å²) < 4.78 is 5.36. The normalized spacial score (nSPS) is 25.9. The monoisotopic (exact) mass is 699 g/mol. The standard InChI is InChI=1S/C18H33NO4S.C12H24N2O2S.BrH/c1-17(2,3)23-16(22)7-10-18(13-15(20)21)8-5-14(6-9-18)19-11-4-12-24;13-9-12(8-11(15)16)4-2-10(3-5-12)14-6-1-7-17;/h14,19,24H,4-13H2,1-3H3,(H,20,21);10,14,17H,1-9,13H2,(H,15,16);1H. The zero-order valence-electron chi connectivity index (χ0n) is 26.0. The van der Waals surface area contributed by atoms with Crippen molar-refractivity contribution >= 4 is 60.1 Å². The predicted molar refractivity (Wildman–Crippen MR) is 181 cm³/mol. The van der Waals surface area contributed by atoms with E-state index in [1.165, 1.54) is 0 Å². The summed E-state index contributed by atoms with van der Waals surface area (Å²) >= 11 is 8.39. The fourth-order valence-electron chi connectivity index (χ4n) is 6.01. The Kier molecular flexibility index (Phi) is 21.0. The Morgan fingerprint density at radius 2 is 1.24 bits per heavy atom. The highest BCUT2D eigenvalue weighted by atomic mass is 79.9. The minimum absolute atomic E-state index is 0. The van der Waals surface area contributed by atoms with Gasteiger partial charge in [0, 0.05) is 18.5 Å². The number of halogens is 1. The molecule has 42 heavy (non-hydrogen) atoms. The van der Waals surface area contributed by atoms with Crippen LogP contribution in [-0.4, -0.2) is 76.9 Å². The van der Waals surface area contributed by atoms with E-state index in [2.05, 4.69) is 35.9 Å². The molecular weight excluding hydrogens is 642 g/mol. The summed E-state index contributed by atoms with van der Waals surface area (Å²) in [6.07, 6.45) is 10.9. The van der Waals surface area contributed by atoms with Gasteiger partial charge in [0.2, 0.25) is 0 Å². The van der Waals surface area contributed by atoms with E-state index in [0.29, 0.717) is 31.5 Å². The van der Waals surface area contributed by atoms with Gasteiger partial charge in [-0.25, -0.2) is 0 Å². The number of carbonyl (C=O) groups is 3. The summed E-state index contributed by atoms with van der Waals surface area (Å²) in [6, 6.07) is 0.983. The molecule has 12 heteroatoms. The van der Waals surface area contributed by atoms with Crippen molar-refractivity contribution in [3.05, 3.63) is 0 Å². The molecule has 2 aliphatic carbocycles. The second-order valence-electron chi connectivity index (χ2n) is 13.0. The van der Waals surface area contributed by atoms with Crippen LogP contribution in [0.25, 0.3) is 0 Å². The third kappa shape index (κ3) is 17.7. The summed E-state index contributed by atoms with van der Waals surface area (Å²) in [5.74, 6) is 0.0446. The number of ether oxygens (including phenoxy) is 1. The van der Waals surface area contributed by atoms with Crippen LogP contribution >= 0.6 is 42.2 Å². The fraction of sp³-hybridized carbons (Fsp3) is 0.900. The van der Waals surface area contributed by atoms with Gasteiger partial charge in [-0.05, 0) is 133 Å². The topological polar surface area (TPSA) is 151 Å². The zero-order chi connectivity index (χ0) is 30.9. The molecule has 2 fully saturated rings. The van der Waals surface area contributed by atoms with Crippen LogP contribution in [0.4, 0.5) is 0 Å². The lowest BCUT2D eigenvalue weighted by Gasteiger charge is -2.39. The molecule has 0 spiro atoms. The molecule has 0 aromatic rings. The molecule has 2 rings (SSSR count). The van der Waals surface area contributed by atoms with Gasteiger partial charge in [0.1, 0.15) is 5.60 Å². The first-order valence-electron chi connectivity index (χ1n) is 15.3. The molecule has 0 heterocycles. The van der Waals surface area contributed by atoms with Gasteiger partial charge in [-0.3, -0.25) is 14.4 Å². The highest BCUT2D eigenvalue weighted by molar-refractivity contribution is 8.93. The van der Waals surface area contributed by atoms with Gasteiger partial charge < -0.3 is 31.3 Å². The molecule has 0 atom stereocenters. The number of carbonyl (C=O) groups excluding carboxylic acids is 1. The average molecular weight is 701 g/mol. The van der Waals surface area contributed by atoms with E-state index in [-0.39, 0.29) is 46.6 Å². The number of esters is 1. The molecule has 0 aromatic heterocycles. The minimum atomic E-state index is -0.777. The molecule has 0 saturated heterocycles. The van der Waals surface area contributed by atoms with Crippen LogP contribution in [0.1, 0.15) is 111 Å². The van der Waals surface area contributed by atoms with E-state index in [4.69, 9.17) is 15.6 Å². The number of nitrogens with two attached hydrogens (primary N) is 1. The largest absolute Gasteiger partial charge is 0.481 e. The number of thiol groups is 2. The molecular formula is C30H58BrN3O6S2. The van der Waals surface area contributed by atoms with Crippen LogP contribution < -0.4 is 16.4 Å². The van der Waals surface area contributed by atoms with Gasteiger partial charge in [0.25, 0.3) is 0 Å². The van der Waals surface area contributed by atoms with Crippen LogP contribution in [0.3, 0.4) is 0 Å². The van der Waals surface area contributed by atoms with Crippen molar-refractivity contribution < 1.29 is 29.3 Å². The quantitative estimate of drug-likeness (QED) is 0.0650. The number of carboxylic acid groups (broad SMARTS) is 2. The van der Waals surface area contributed by atoms with Crippen molar-refractivity contribution in [2.75, 3.05) is 31.1 Å². The van der Waals surface area contributed by atoms with Crippen LogP contribution in [0.15, 0.2) is 0 Å². The van der Waals surface area contributed by atoms with Crippen molar-refractivity contribution in [1.82, 2.24) is 10.6 Å². The Morgan fingerprint density at radius 1 is 0.833 bits per heavy atom. The molecule has 0 unspecified atom stereocenters. The third-order valence-corrected chi connectivity index (χ3v) is 9.03. The van der Waals surface area contributed by atoms with Crippen LogP contribution in [0, 0.1) is 10.8 Å². The summed E-state index contributed by atoms with van der Waals surface area (Å²) in [6.45, 7) is 7.99. The lowest BCUT2D eigenvalue weighted by Crippen LogP contribution is -2.42. The number of nitrogens with one attached hydrogen (secondary N) is 2. The van der Waals surface area contributed by atoms with E-state index >= 15 is 0 Å². The lowest BCUT2D eigenvalue weighted by molar-refractivity contribution is -0.156. The summed E-state index contributed by atoms with van der Waals surface area (Å²) in [7, 11) is 0. The first kappa shape index (κ1) is 41.5. The van der Waals surface area contributed by atoms with Gasteiger partial charge in [-0.2, -0.15) is 25.3 Å². The summed E-state index contributed by atoms with van der Waals surface area (Å²) in [4.78, 5) is 34.1. The number of rotatable bonds is 16. The molecule has 2 saturated carbocycles. The number of hydrogen-bond acceptors (Lipinski definition) is 9. The van der Waals surface area contributed by atoms with Crippen molar-refractivity contribution in [3.63, 3.8) is 0 Å². The maximum absolute atomic E-state index is 12.0. The number of aliphatic carboxylic acids is 2. The third-order valence-electron chi connectivity index (χ3n) is 8.39. The Hall–Kier alpha value is -0.530. The Morgan fingerprint density at radius 3 is 1.60 bits per heavy atom. The molecule has 248 valence electrons. The Balaban J connectivity index is 0.000000825. The van der Waals surface area contributed by atoms with E-state index < -0.39 is 17.5 Å². The highest BCUT2D eigenvalue weighted by Gasteiger charge is 2.38. The first-order chi connectivity index (χ1) is 19.3. The molecule has 0 bridgehead atoms. The summed E-state index contributed by atoms with van der Waals surface area (Å²) in [5, 5.41) is 25.2. The lowest BCUT2D eigenvalue weighted by atomic mass is 9.68. The molecule has 9 nitrogen and oxygen atoms in total. The van der Waals surface area contributed by atoms with Gasteiger partial charge in [0.05, 0.1) is 12.8 Å². The number of carboxylic acids is 2.